The monoisotopic (exact) mass is 274 g/mol. The van der Waals surface area contributed by atoms with E-state index < -0.39 is 0 Å². The quantitative estimate of drug-likeness (QED) is 0.882. The lowest BCUT2D eigenvalue weighted by atomic mass is 9.97. The summed E-state index contributed by atoms with van der Waals surface area (Å²) in [7, 11) is 0. The molecular formula is C16H19ClN2. The van der Waals surface area contributed by atoms with E-state index in [1.165, 1.54) is 16.7 Å². The molecule has 3 N–H and O–H groups in total. The summed E-state index contributed by atoms with van der Waals surface area (Å²) in [5.74, 6) is 0. The molecule has 0 radical (unpaired) electrons. The SMILES string of the molecule is Cc1cccc(C(CN)Nc2cccc(Cl)c2)c1C. The molecule has 1 atom stereocenters. The fraction of sp³-hybridized carbons (Fsp3) is 0.250. The molecule has 0 heterocycles. The number of halogens is 1. The van der Waals surface area contributed by atoms with E-state index >= 15 is 0 Å². The zero-order valence-electron chi connectivity index (χ0n) is 11.3. The molecular weight excluding hydrogens is 256 g/mol. The Hall–Kier alpha value is -1.51. The van der Waals surface area contributed by atoms with Crippen LogP contribution in [-0.4, -0.2) is 6.54 Å². The van der Waals surface area contributed by atoms with E-state index in [0.717, 1.165) is 10.7 Å². The van der Waals surface area contributed by atoms with E-state index in [9.17, 15) is 0 Å². The topological polar surface area (TPSA) is 38.0 Å². The highest BCUT2D eigenvalue weighted by molar-refractivity contribution is 6.30. The first-order chi connectivity index (χ1) is 9.11. The van der Waals surface area contributed by atoms with Crippen molar-refractivity contribution in [3.63, 3.8) is 0 Å². The van der Waals surface area contributed by atoms with Crippen molar-refractivity contribution in [1.29, 1.82) is 0 Å². The second-order valence-electron chi connectivity index (χ2n) is 4.73. The molecule has 2 aromatic rings. The molecule has 0 aromatic heterocycles. The van der Waals surface area contributed by atoms with Gasteiger partial charge in [-0.05, 0) is 48.7 Å². The fourth-order valence-electron chi connectivity index (χ4n) is 2.19. The third-order valence-electron chi connectivity index (χ3n) is 3.42. The summed E-state index contributed by atoms with van der Waals surface area (Å²) in [5, 5.41) is 4.17. The Kier molecular flexibility index (Phi) is 4.46. The first-order valence-corrected chi connectivity index (χ1v) is 6.78. The predicted molar refractivity (Wildman–Crippen MR) is 82.8 cm³/mol. The smallest absolute Gasteiger partial charge is 0.0638 e. The Bertz CT molecular complexity index is 566. The number of benzene rings is 2. The van der Waals surface area contributed by atoms with Crippen molar-refractivity contribution < 1.29 is 0 Å². The largest absolute Gasteiger partial charge is 0.377 e. The van der Waals surface area contributed by atoms with Crippen LogP contribution < -0.4 is 11.1 Å². The fourth-order valence-corrected chi connectivity index (χ4v) is 2.38. The van der Waals surface area contributed by atoms with E-state index in [4.69, 9.17) is 17.3 Å². The maximum absolute atomic E-state index is 6.00. The van der Waals surface area contributed by atoms with Crippen LogP contribution in [0.25, 0.3) is 0 Å². The molecule has 0 aliphatic heterocycles. The lowest BCUT2D eigenvalue weighted by Gasteiger charge is -2.21. The summed E-state index contributed by atoms with van der Waals surface area (Å²) >= 11 is 6.00. The second-order valence-corrected chi connectivity index (χ2v) is 5.17. The minimum absolute atomic E-state index is 0.0957. The molecule has 0 saturated carbocycles. The van der Waals surface area contributed by atoms with Crippen molar-refractivity contribution in [2.75, 3.05) is 11.9 Å². The minimum atomic E-state index is 0.0957. The number of nitrogens with one attached hydrogen (secondary N) is 1. The number of hydrogen-bond donors (Lipinski definition) is 2. The Morgan fingerprint density at radius 3 is 2.58 bits per heavy atom. The average Bonchev–Trinajstić information content (AvgIpc) is 2.40. The van der Waals surface area contributed by atoms with Gasteiger partial charge >= 0.3 is 0 Å². The van der Waals surface area contributed by atoms with Gasteiger partial charge in [0.2, 0.25) is 0 Å². The van der Waals surface area contributed by atoms with Gasteiger partial charge in [0.25, 0.3) is 0 Å². The summed E-state index contributed by atoms with van der Waals surface area (Å²) < 4.78 is 0. The van der Waals surface area contributed by atoms with Crippen molar-refractivity contribution in [2.45, 2.75) is 19.9 Å². The molecule has 2 rings (SSSR count). The van der Waals surface area contributed by atoms with E-state index in [0.29, 0.717) is 6.54 Å². The minimum Gasteiger partial charge on any atom is -0.377 e. The van der Waals surface area contributed by atoms with Crippen molar-refractivity contribution in [1.82, 2.24) is 0 Å². The van der Waals surface area contributed by atoms with Crippen LogP contribution in [-0.2, 0) is 0 Å². The zero-order chi connectivity index (χ0) is 13.8. The van der Waals surface area contributed by atoms with Crippen LogP contribution in [0.1, 0.15) is 22.7 Å². The predicted octanol–water partition coefficient (Wildman–Crippen LogP) is 4.07. The Labute approximate surface area is 119 Å². The van der Waals surface area contributed by atoms with Gasteiger partial charge in [-0.25, -0.2) is 0 Å². The van der Waals surface area contributed by atoms with E-state index in [1.807, 2.05) is 24.3 Å². The molecule has 3 heteroatoms. The van der Waals surface area contributed by atoms with Gasteiger partial charge < -0.3 is 11.1 Å². The molecule has 0 saturated heterocycles. The summed E-state index contributed by atoms with van der Waals surface area (Å²) in [6.07, 6.45) is 0. The van der Waals surface area contributed by atoms with Crippen LogP contribution >= 0.6 is 11.6 Å². The first kappa shape index (κ1) is 13.9. The average molecular weight is 275 g/mol. The molecule has 0 fully saturated rings. The molecule has 0 aliphatic carbocycles. The van der Waals surface area contributed by atoms with Gasteiger partial charge in [-0.1, -0.05) is 35.9 Å². The number of aryl methyl sites for hydroxylation is 1. The highest BCUT2D eigenvalue weighted by atomic mass is 35.5. The molecule has 2 nitrogen and oxygen atoms in total. The molecule has 1 unspecified atom stereocenters. The van der Waals surface area contributed by atoms with E-state index in [1.54, 1.807) is 0 Å². The number of rotatable bonds is 4. The normalized spacial score (nSPS) is 12.2. The summed E-state index contributed by atoms with van der Waals surface area (Å²) in [5.41, 5.74) is 10.7. The standard InChI is InChI=1S/C16H19ClN2/c1-11-5-3-8-15(12(11)2)16(10-18)19-14-7-4-6-13(17)9-14/h3-9,16,19H,10,18H2,1-2H3. The Balaban J connectivity index is 2.28. The molecule has 2 aromatic carbocycles. The molecule has 19 heavy (non-hydrogen) atoms. The third kappa shape index (κ3) is 3.28. The van der Waals surface area contributed by atoms with Crippen LogP contribution in [0.3, 0.4) is 0 Å². The van der Waals surface area contributed by atoms with Crippen LogP contribution in [0.5, 0.6) is 0 Å². The van der Waals surface area contributed by atoms with Gasteiger partial charge in [-0.15, -0.1) is 0 Å². The lowest BCUT2D eigenvalue weighted by Crippen LogP contribution is -2.21. The molecule has 0 aliphatic rings. The van der Waals surface area contributed by atoms with Crippen LogP contribution in [0, 0.1) is 13.8 Å². The van der Waals surface area contributed by atoms with E-state index in [2.05, 4.69) is 37.4 Å². The maximum atomic E-state index is 6.00. The summed E-state index contributed by atoms with van der Waals surface area (Å²) in [6, 6.07) is 14.1. The van der Waals surface area contributed by atoms with Crippen LogP contribution in [0.2, 0.25) is 5.02 Å². The van der Waals surface area contributed by atoms with Crippen molar-refractivity contribution in [3.05, 3.63) is 64.2 Å². The summed E-state index contributed by atoms with van der Waals surface area (Å²) in [4.78, 5) is 0. The van der Waals surface area contributed by atoms with Crippen LogP contribution in [0.15, 0.2) is 42.5 Å². The highest BCUT2D eigenvalue weighted by Crippen LogP contribution is 2.25. The van der Waals surface area contributed by atoms with Crippen molar-refractivity contribution in [2.24, 2.45) is 5.73 Å². The Morgan fingerprint density at radius 2 is 1.89 bits per heavy atom. The Morgan fingerprint density at radius 1 is 1.16 bits per heavy atom. The second kappa shape index (κ2) is 6.09. The zero-order valence-corrected chi connectivity index (χ0v) is 12.0. The van der Waals surface area contributed by atoms with Crippen molar-refractivity contribution in [3.8, 4) is 0 Å². The van der Waals surface area contributed by atoms with Gasteiger partial charge in [0.1, 0.15) is 0 Å². The number of hydrogen-bond acceptors (Lipinski definition) is 2. The number of anilines is 1. The first-order valence-electron chi connectivity index (χ1n) is 6.40. The molecule has 0 amide bonds. The van der Waals surface area contributed by atoms with E-state index in [-0.39, 0.29) is 6.04 Å². The van der Waals surface area contributed by atoms with Gasteiger partial charge in [0.15, 0.2) is 0 Å². The van der Waals surface area contributed by atoms with Crippen LogP contribution in [0.4, 0.5) is 5.69 Å². The maximum Gasteiger partial charge on any atom is 0.0638 e. The summed E-state index contributed by atoms with van der Waals surface area (Å²) in [6.45, 7) is 4.79. The third-order valence-corrected chi connectivity index (χ3v) is 3.66. The number of nitrogens with two attached hydrogens (primary N) is 1. The molecule has 0 bridgehead atoms. The van der Waals surface area contributed by atoms with Gasteiger partial charge in [-0.3, -0.25) is 0 Å². The molecule has 0 spiro atoms. The van der Waals surface area contributed by atoms with Crippen molar-refractivity contribution >= 4 is 17.3 Å². The van der Waals surface area contributed by atoms with Gasteiger partial charge in [0.05, 0.1) is 6.04 Å². The van der Waals surface area contributed by atoms with Gasteiger partial charge in [-0.2, -0.15) is 0 Å². The van der Waals surface area contributed by atoms with Gasteiger partial charge in [0, 0.05) is 17.3 Å². The lowest BCUT2D eigenvalue weighted by molar-refractivity contribution is 0.782. The molecule has 100 valence electrons. The highest BCUT2D eigenvalue weighted by Gasteiger charge is 2.12.